The number of halogens is 3. The van der Waals surface area contributed by atoms with Crippen LogP contribution < -0.4 is 10.1 Å². The van der Waals surface area contributed by atoms with Crippen LogP contribution in [0.3, 0.4) is 0 Å². The number of piperidine rings is 1. The molecular weight excluding hydrogens is 453 g/mol. The van der Waals surface area contributed by atoms with Crippen molar-refractivity contribution in [2.45, 2.75) is 75.0 Å². The number of imidazole rings is 1. The molecule has 11 heteroatoms. The van der Waals surface area contributed by atoms with E-state index in [0.29, 0.717) is 19.3 Å². The lowest BCUT2D eigenvalue weighted by atomic mass is 9.77. The standard InChI is InChI=1S/C23H27F3N4O4/c1-13-7-22(32,20-27-3-4-33-20)8-14(29-13)11-34-16-5-17(23(24,25)26)19-18(6-16)28-12-30(19)15-9-21(2,31)10-15/h3-6,12-15,29,31-32H,7-11H2,1-2H3/t13-,14-,15?,21?,22-/m0/s1. The van der Waals surface area contributed by atoms with Crippen molar-refractivity contribution >= 4 is 11.0 Å². The summed E-state index contributed by atoms with van der Waals surface area (Å²) >= 11 is 0. The van der Waals surface area contributed by atoms with Gasteiger partial charge < -0.3 is 29.3 Å². The van der Waals surface area contributed by atoms with E-state index in [0.717, 1.165) is 6.07 Å². The normalized spacial score (nSPS) is 32.0. The Morgan fingerprint density at radius 3 is 2.62 bits per heavy atom. The molecule has 5 rings (SSSR count). The molecular formula is C23H27F3N4O4. The van der Waals surface area contributed by atoms with Crippen LogP contribution in [0.15, 0.2) is 35.3 Å². The molecule has 0 amide bonds. The highest BCUT2D eigenvalue weighted by Gasteiger charge is 2.44. The SMILES string of the molecule is C[C@H]1C[C@@](O)(c2ncco2)C[C@@H](COc2cc(C(F)(F)F)c3c(c2)ncn3C2CC(C)(O)C2)N1. The summed E-state index contributed by atoms with van der Waals surface area (Å²) in [6.07, 6.45) is 1.00. The number of oxazole rings is 1. The summed E-state index contributed by atoms with van der Waals surface area (Å²) in [5.41, 5.74) is -2.82. The Kier molecular flexibility index (Phi) is 5.41. The second-order valence-electron chi connectivity index (χ2n) is 9.90. The van der Waals surface area contributed by atoms with Crippen LogP contribution in [0.2, 0.25) is 0 Å². The molecule has 34 heavy (non-hydrogen) atoms. The molecule has 3 heterocycles. The van der Waals surface area contributed by atoms with Gasteiger partial charge in [0.15, 0.2) is 0 Å². The van der Waals surface area contributed by atoms with Crippen LogP contribution >= 0.6 is 0 Å². The number of aromatic nitrogens is 3. The molecule has 3 aromatic rings. The Morgan fingerprint density at radius 1 is 1.21 bits per heavy atom. The molecule has 0 unspecified atom stereocenters. The number of aliphatic hydroxyl groups is 2. The molecule has 0 bridgehead atoms. The third-order valence-corrected chi connectivity index (χ3v) is 6.72. The van der Waals surface area contributed by atoms with Gasteiger partial charge in [0.25, 0.3) is 0 Å². The van der Waals surface area contributed by atoms with Gasteiger partial charge in [-0.25, -0.2) is 9.97 Å². The van der Waals surface area contributed by atoms with E-state index in [-0.39, 0.29) is 53.8 Å². The highest BCUT2D eigenvalue weighted by Crippen LogP contribution is 2.45. The zero-order valence-corrected chi connectivity index (χ0v) is 18.8. The van der Waals surface area contributed by atoms with E-state index in [1.807, 2.05) is 6.92 Å². The first-order chi connectivity index (χ1) is 15.9. The fraction of sp³-hybridized carbons (Fsp3) is 0.565. The summed E-state index contributed by atoms with van der Waals surface area (Å²) in [7, 11) is 0. The van der Waals surface area contributed by atoms with Crippen LogP contribution in [-0.4, -0.2) is 49.0 Å². The van der Waals surface area contributed by atoms with E-state index < -0.39 is 22.9 Å². The molecule has 0 radical (unpaired) electrons. The monoisotopic (exact) mass is 480 g/mol. The summed E-state index contributed by atoms with van der Waals surface area (Å²) < 4.78 is 54.5. The van der Waals surface area contributed by atoms with Gasteiger partial charge in [0, 0.05) is 37.0 Å². The largest absolute Gasteiger partial charge is 0.492 e. The zero-order chi connectivity index (χ0) is 24.3. The highest BCUT2D eigenvalue weighted by atomic mass is 19.4. The van der Waals surface area contributed by atoms with Gasteiger partial charge in [-0.15, -0.1) is 0 Å². The third kappa shape index (κ3) is 4.27. The van der Waals surface area contributed by atoms with Crippen molar-refractivity contribution in [3.8, 4) is 5.75 Å². The Labute approximate surface area is 193 Å². The van der Waals surface area contributed by atoms with Crippen LogP contribution in [0.25, 0.3) is 11.0 Å². The summed E-state index contributed by atoms with van der Waals surface area (Å²) in [6, 6.07) is 1.82. The second kappa shape index (κ2) is 7.96. The van der Waals surface area contributed by atoms with E-state index in [1.165, 1.54) is 29.4 Å². The first-order valence-corrected chi connectivity index (χ1v) is 11.2. The Morgan fingerprint density at radius 2 is 1.97 bits per heavy atom. The number of nitrogens with one attached hydrogen (secondary N) is 1. The van der Waals surface area contributed by atoms with E-state index in [1.54, 1.807) is 6.92 Å². The number of ether oxygens (including phenoxy) is 1. The lowest BCUT2D eigenvalue weighted by Gasteiger charge is -2.41. The molecule has 1 aliphatic carbocycles. The number of fused-ring (bicyclic) bond motifs is 1. The molecule has 2 aliphatic rings. The molecule has 2 aromatic heterocycles. The molecule has 0 spiro atoms. The van der Waals surface area contributed by atoms with Gasteiger partial charge in [0.05, 0.1) is 34.7 Å². The molecule has 1 aromatic carbocycles. The first-order valence-electron chi connectivity index (χ1n) is 11.2. The van der Waals surface area contributed by atoms with Crippen LogP contribution in [0.4, 0.5) is 13.2 Å². The van der Waals surface area contributed by atoms with Gasteiger partial charge in [-0.05, 0) is 32.8 Å². The molecule has 1 saturated heterocycles. The molecule has 8 nitrogen and oxygen atoms in total. The number of rotatable bonds is 5. The van der Waals surface area contributed by atoms with Gasteiger partial charge in [-0.2, -0.15) is 13.2 Å². The zero-order valence-electron chi connectivity index (χ0n) is 18.8. The quantitative estimate of drug-likeness (QED) is 0.513. The Bertz CT molecular complexity index is 1170. The van der Waals surface area contributed by atoms with E-state index in [9.17, 15) is 23.4 Å². The number of hydrogen-bond donors (Lipinski definition) is 3. The van der Waals surface area contributed by atoms with Crippen molar-refractivity contribution in [2.75, 3.05) is 6.61 Å². The van der Waals surface area contributed by atoms with Crippen LogP contribution in [0.1, 0.15) is 57.0 Å². The van der Waals surface area contributed by atoms with Gasteiger partial charge in [0.2, 0.25) is 5.89 Å². The summed E-state index contributed by atoms with van der Waals surface area (Å²) in [4.78, 5) is 8.27. The lowest BCUT2D eigenvalue weighted by molar-refractivity contribution is -0.136. The van der Waals surface area contributed by atoms with Crippen LogP contribution in [0.5, 0.6) is 5.75 Å². The maximum atomic E-state index is 14.0. The van der Waals surface area contributed by atoms with Crippen LogP contribution in [0, 0.1) is 0 Å². The molecule has 1 aliphatic heterocycles. The molecule has 1 saturated carbocycles. The number of nitrogens with zero attached hydrogens (tertiary/aromatic N) is 3. The summed E-state index contributed by atoms with van der Waals surface area (Å²) in [5.74, 6) is 0.262. The van der Waals surface area contributed by atoms with Crippen molar-refractivity contribution < 1.29 is 32.5 Å². The molecule has 3 N–H and O–H groups in total. The van der Waals surface area contributed by atoms with Crippen molar-refractivity contribution in [3.05, 3.63) is 42.4 Å². The maximum Gasteiger partial charge on any atom is 0.418 e. The van der Waals surface area contributed by atoms with Crippen molar-refractivity contribution in [1.29, 1.82) is 0 Å². The number of hydrogen-bond acceptors (Lipinski definition) is 7. The lowest BCUT2D eigenvalue weighted by Crippen LogP contribution is -2.53. The predicted octanol–water partition coefficient (Wildman–Crippen LogP) is 3.54. The molecule has 3 atom stereocenters. The summed E-state index contributed by atoms with van der Waals surface area (Å²) in [5, 5.41) is 24.4. The Hall–Kier alpha value is -2.63. The van der Waals surface area contributed by atoms with E-state index >= 15 is 0 Å². The van der Waals surface area contributed by atoms with Crippen molar-refractivity contribution in [1.82, 2.24) is 19.9 Å². The third-order valence-electron chi connectivity index (χ3n) is 6.72. The number of alkyl halides is 3. The van der Waals surface area contributed by atoms with Gasteiger partial charge in [0.1, 0.15) is 24.2 Å². The fourth-order valence-electron chi connectivity index (χ4n) is 5.32. The van der Waals surface area contributed by atoms with Gasteiger partial charge in [-0.3, -0.25) is 0 Å². The van der Waals surface area contributed by atoms with Crippen LogP contribution in [-0.2, 0) is 11.8 Å². The highest BCUT2D eigenvalue weighted by molar-refractivity contribution is 5.82. The minimum absolute atomic E-state index is 0.0111. The van der Waals surface area contributed by atoms with Gasteiger partial charge in [-0.1, -0.05) is 0 Å². The summed E-state index contributed by atoms with van der Waals surface area (Å²) in [6.45, 7) is 3.61. The van der Waals surface area contributed by atoms with Crippen molar-refractivity contribution in [3.63, 3.8) is 0 Å². The average Bonchev–Trinajstić information content (AvgIpc) is 3.39. The van der Waals surface area contributed by atoms with Crippen molar-refractivity contribution in [2.24, 2.45) is 0 Å². The maximum absolute atomic E-state index is 14.0. The van der Waals surface area contributed by atoms with E-state index in [2.05, 4.69) is 15.3 Å². The van der Waals surface area contributed by atoms with Gasteiger partial charge >= 0.3 is 6.18 Å². The number of benzene rings is 1. The minimum Gasteiger partial charge on any atom is -0.492 e. The Balaban J connectivity index is 1.38. The smallest absolute Gasteiger partial charge is 0.418 e. The molecule has 184 valence electrons. The topological polar surface area (TPSA) is 106 Å². The predicted molar refractivity (Wildman–Crippen MR) is 115 cm³/mol. The van der Waals surface area contributed by atoms with E-state index in [4.69, 9.17) is 9.15 Å². The minimum atomic E-state index is -4.61. The molecule has 2 fully saturated rings. The second-order valence-corrected chi connectivity index (χ2v) is 9.90. The fourth-order valence-corrected chi connectivity index (χ4v) is 5.32. The average molecular weight is 480 g/mol. The first kappa shape index (κ1) is 23.1.